The monoisotopic (exact) mass is 635 g/mol. The van der Waals surface area contributed by atoms with E-state index in [4.69, 9.17) is 9.47 Å². The first kappa shape index (κ1) is 32.9. The first-order valence-electron chi connectivity index (χ1n) is 16.6. The second-order valence-electron chi connectivity index (χ2n) is 12.6. The Balaban J connectivity index is 1.17. The summed E-state index contributed by atoms with van der Waals surface area (Å²) in [5.74, 6) is 0.0784. The van der Waals surface area contributed by atoms with Crippen LogP contribution in [0.4, 0.5) is 4.79 Å². The van der Waals surface area contributed by atoms with Crippen molar-refractivity contribution in [1.29, 1.82) is 0 Å². The minimum atomic E-state index is -0.562. The summed E-state index contributed by atoms with van der Waals surface area (Å²) in [7, 11) is 0. The van der Waals surface area contributed by atoms with Crippen LogP contribution in [0.1, 0.15) is 60.0 Å². The molecule has 2 amide bonds. The molecule has 0 spiro atoms. The molecule has 2 aliphatic rings. The fourth-order valence-corrected chi connectivity index (χ4v) is 6.69. The number of urea groups is 1. The molecule has 8 heteroatoms. The minimum absolute atomic E-state index is 0.000220. The third-order valence-electron chi connectivity index (χ3n) is 9.49. The molecule has 5 atom stereocenters. The van der Waals surface area contributed by atoms with E-state index in [9.17, 15) is 15.0 Å². The van der Waals surface area contributed by atoms with Crippen molar-refractivity contribution in [1.82, 2.24) is 15.5 Å². The normalized spacial score (nSPS) is 23.0. The smallest absolute Gasteiger partial charge is 0.315 e. The maximum Gasteiger partial charge on any atom is 0.315 e. The average Bonchev–Trinajstić information content (AvgIpc) is 3.58. The van der Waals surface area contributed by atoms with Crippen molar-refractivity contribution in [3.05, 3.63) is 131 Å². The quantitative estimate of drug-likeness (QED) is 0.159. The highest BCUT2D eigenvalue weighted by atomic mass is 16.7. The van der Waals surface area contributed by atoms with Crippen LogP contribution in [0.25, 0.3) is 11.1 Å². The maximum atomic E-state index is 12.5. The number of nitrogens with zero attached hydrogens (tertiary/aromatic N) is 1. The zero-order valence-electron chi connectivity index (χ0n) is 26.9. The topological polar surface area (TPSA) is 103 Å². The van der Waals surface area contributed by atoms with Gasteiger partial charge in [0.1, 0.15) is 0 Å². The number of hydrogen-bond acceptors (Lipinski definition) is 6. The summed E-state index contributed by atoms with van der Waals surface area (Å²) in [6.07, 6.45) is 1.23. The highest BCUT2D eigenvalue weighted by molar-refractivity contribution is 5.75. The highest BCUT2D eigenvalue weighted by Crippen LogP contribution is 2.42. The van der Waals surface area contributed by atoms with Gasteiger partial charge in [0, 0.05) is 37.2 Å². The van der Waals surface area contributed by atoms with Crippen LogP contribution < -0.4 is 10.6 Å². The van der Waals surface area contributed by atoms with Crippen LogP contribution >= 0.6 is 0 Å². The molecule has 0 radical (unpaired) electrons. The van der Waals surface area contributed by atoms with E-state index in [0.29, 0.717) is 13.1 Å². The van der Waals surface area contributed by atoms with Crippen LogP contribution in [0.3, 0.4) is 0 Å². The number of rotatable bonds is 11. The van der Waals surface area contributed by atoms with Crippen LogP contribution in [0.15, 0.2) is 103 Å². The lowest BCUT2D eigenvalue weighted by molar-refractivity contribution is -0.276. The second kappa shape index (κ2) is 15.7. The van der Waals surface area contributed by atoms with Gasteiger partial charge in [-0.2, -0.15) is 0 Å². The average molecular weight is 636 g/mol. The van der Waals surface area contributed by atoms with Crippen LogP contribution in [0, 0.1) is 5.92 Å². The zero-order valence-corrected chi connectivity index (χ0v) is 26.9. The van der Waals surface area contributed by atoms with Crippen molar-refractivity contribution < 1.29 is 24.5 Å². The Morgan fingerprint density at radius 3 is 2.26 bits per heavy atom. The molecule has 246 valence electrons. The number of nitrogens with one attached hydrogen (secondary N) is 2. The molecule has 8 nitrogen and oxygen atoms in total. The molecule has 2 saturated heterocycles. The molecule has 6 rings (SSSR count). The standard InChI is InChI=1S/C39H45N3O5/c1-27-36(24-42-21-7-11-34(42)26-44)46-38(47-37(27)31-15-13-29(25-43)14-16-31)32-19-17-30(18-20-32)35-12-6-5-10-33(35)23-41-39(45)40-22-28-8-3-2-4-9-28/h2-6,8-10,12-20,27,34,36-38,43-44H,7,11,21-26H2,1H3,(H2,40,41,45). The second-order valence-corrected chi connectivity index (χ2v) is 12.6. The molecular formula is C39H45N3O5. The lowest BCUT2D eigenvalue weighted by Crippen LogP contribution is -2.46. The summed E-state index contributed by atoms with van der Waals surface area (Å²) in [6.45, 7) is 4.88. The molecule has 2 heterocycles. The lowest BCUT2D eigenvalue weighted by Gasteiger charge is -2.43. The van der Waals surface area contributed by atoms with E-state index in [1.807, 2.05) is 72.8 Å². The number of aliphatic hydroxyl groups is 2. The van der Waals surface area contributed by atoms with Gasteiger partial charge in [0.05, 0.1) is 25.4 Å². The number of benzene rings is 4. The molecule has 4 aromatic rings. The molecule has 0 saturated carbocycles. The molecule has 4 aromatic carbocycles. The van der Waals surface area contributed by atoms with Gasteiger partial charge in [-0.15, -0.1) is 0 Å². The van der Waals surface area contributed by atoms with E-state index in [2.05, 4.69) is 52.8 Å². The number of likely N-dealkylation sites (tertiary alicyclic amines) is 1. The van der Waals surface area contributed by atoms with Gasteiger partial charge in [-0.1, -0.05) is 110 Å². The number of hydrogen-bond donors (Lipinski definition) is 4. The Bertz CT molecular complexity index is 1580. The lowest BCUT2D eigenvalue weighted by atomic mass is 9.89. The van der Waals surface area contributed by atoms with Gasteiger partial charge < -0.3 is 30.3 Å². The van der Waals surface area contributed by atoms with E-state index in [1.54, 1.807) is 0 Å². The first-order valence-corrected chi connectivity index (χ1v) is 16.6. The predicted octanol–water partition coefficient (Wildman–Crippen LogP) is 6.09. The fraction of sp³-hybridized carbons (Fsp3) is 0.359. The molecule has 0 bridgehead atoms. The number of ether oxygens (including phenoxy) is 2. The van der Waals surface area contributed by atoms with E-state index < -0.39 is 6.29 Å². The summed E-state index contributed by atoms with van der Waals surface area (Å²) in [4.78, 5) is 14.9. The third kappa shape index (κ3) is 8.09. The zero-order chi connectivity index (χ0) is 32.6. The molecule has 5 unspecified atom stereocenters. The van der Waals surface area contributed by atoms with Crippen molar-refractivity contribution >= 4 is 6.03 Å². The SMILES string of the molecule is CC1C(CN2CCCC2CO)OC(c2ccc(-c3ccccc3CNC(=O)NCc3ccccc3)cc2)OC1c1ccc(CO)cc1. The Kier molecular flexibility index (Phi) is 11.0. The van der Waals surface area contributed by atoms with E-state index in [-0.39, 0.29) is 43.4 Å². The molecule has 4 N–H and O–H groups in total. The van der Waals surface area contributed by atoms with Gasteiger partial charge in [0.2, 0.25) is 0 Å². The Labute approximate surface area is 277 Å². The minimum Gasteiger partial charge on any atom is -0.395 e. The van der Waals surface area contributed by atoms with Crippen LogP contribution in [0.5, 0.6) is 0 Å². The number of carbonyl (C=O) groups excluding carboxylic acids is 1. The van der Waals surface area contributed by atoms with Crippen molar-refractivity contribution in [2.45, 2.75) is 64.0 Å². The molecule has 47 heavy (non-hydrogen) atoms. The molecule has 2 fully saturated rings. The van der Waals surface area contributed by atoms with E-state index in [0.717, 1.165) is 64.9 Å². The van der Waals surface area contributed by atoms with Crippen molar-refractivity contribution in [3.63, 3.8) is 0 Å². The van der Waals surface area contributed by atoms with Crippen molar-refractivity contribution in [3.8, 4) is 11.1 Å². The van der Waals surface area contributed by atoms with Gasteiger partial charge in [-0.3, -0.25) is 4.90 Å². The van der Waals surface area contributed by atoms with Gasteiger partial charge >= 0.3 is 6.03 Å². The van der Waals surface area contributed by atoms with E-state index in [1.165, 1.54) is 0 Å². The molecular weight excluding hydrogens is 590 g/mol. The largest absolute Gasteiger partial charge is 0.395 e. The molecule has 2 aliphatic heterocycles. The van der Waals surface area contributed by atoms with Crippen LogP contribution in [0.2, 0.25) is 0 Å². The van der Waals surface area contributed by atoms with Crippen LogP contribution in [-0.4, -0.2) is 53.0 Å². The maximum absolute atomic E-state index is 12.5. The Morgan fingerprint density at radius 1 is 0.809 bits per heavy atom. The summed E-state index contributed by atoms with van der Waals surface area (Å²) in [5.41, 5.74) is 7.00. The van der Waals surface area contributed by atoms with Crippen molar-refractivity contribution in [2.24, 2.45) is 5.92 Å². The molecule has 0 aliphatic carbocycles. The summed E-state index contributed by atoms with van der Waals surface area (Å²) in [6, 6.07) is 34.1. The summed E-state index contributed by atoms with van der Waals surface area (Å²) in [5, 5.41) is 25.4. The van der Waals surface area contributed by atoms with Crippen molar-refractivity contribution in [2.75, 3.05) is 19.7 Å². The highest BCUT2D eigenvalue weighted by Gasteiger charge is 2.40. The van der Waals surface area contributed by atoms with Gasteiger partial charge in [-0.25, -0.2) is 4.79 Å². The Morgan fingerprint density at radius 2 is 1.51 bits per heavy atom. The number of amides is 2. The van der Waals surface area contributed by atoms with E-state index >= 15 is 0 Å². The van der Waals surface area contributed by atoms with Gasteiger partial charge in [0.25, 0.3) is 0 Å². The van der Waals surface area contributed by atoms with Gasteiger partial charge in [-0.05, 0) is 52.8 Å². The number of aliphatic hydroxyl groups excluding tert-OH is 2. The predicted molar refractivity (Wildman–Crippen MR) is 182 cm³/mol. The molecule has 0 aromatic heterocycles. The van der Waals surface area contributed by atoms with Gasteiger partial charge in [0.15, 0.2) is 6.29 Å². The summed E-state index contributed by atoms with van der Waals surface area (Å²) < 4.78 is 13.4. The number of carbonyl (C=O) groups is 1. The Hall–Kier alpha value is -4.05. The fourth-order valence-electron chi connectivity index (χ4n) is 6.69. The first-order chi connectivity index (χ1) is 23.0. The van der Waals surface area contributed by atoms with Crippen LogP contribution in [-0.2, 0) is 29.2 Å². The summed E-state index contributed by atoms with van der Waals surface area (Å²) >= 11 is 0. The third-order valence-corrected chi connectivity index (χ3v) is 9.49.